The van der Waals surface area contributed by atoms with E-state index in [-0.39, 0.29) is 28.2 Å². The zero-order valence-electron chi connectivity index (χ0n) is 16.7. The van der Waals surface area contributed by atoms with Crippen LogP contribution in [-0.2, 0) is 0 Å². The zero-order valence-corrected chi connectivity index (χ0v) is 17.4. The van der Waals surface area contributed by atoms with Crippen LogP contribution in [0.4, 0.5) is 43.8 Å². The van der Waals surface area contributed by atoms with E-state index in [9.17, 15) is 31.4 Å². The molecular formula is C20H14ClF6N5O2. The number of hydrogen-bond donors (Lipinski definition) is 3. The Morgan fingerprint density at radius 2 is 1.71 bits per heavy atom. The molecule has 0 bridgehead atoms. The molecule has 1 unspecified atom stereocenters. The summed E-state index contributed by atoms with van der Waals surface area (Å²) in [7, 11) is 0. The molecule has 34 heavy (non-hydrogen) atoms. The van der Waals surface area contributed by atoms with E-state index in [1.54, 1.807) is 0 Å². The molecule has 0 spiro atoms. The molecule has 1 heterocycles. The quantitative estimate of drug-likeness (QED) is 0.162. The van der Waals surface area contributed by atoms with Crippen molar-refractivity contribution in [3.8, 4) is 5.75 Å². The van der Waals surface area contributed by atoms with E-state index in [0.717, 1.165) is 24.3 Å². The second kappa shape index (κ2) is 10.1. The van der Waals surface area contributed by atoms with E-state index in [0.29, 0.717) is 5.56 Å². The Hall–Kier alpha value is -3.58. The standard InChI is InChI=1S/C20H14ClF6N5O2/c21-15-9-16(29-13-3-1-2-12(8-13)17(33)19(22,23)24)31-18(30-15)32-28-10-11-4-6-14(7-5-11)34-20(25,26)27/h1-10,17,33H,(H2,29,30,31,32)/b28-10+. The van der Waals surface area contributed by atoms with Crippen LogP contribution in [0.3, 0.4) is 0 Å². The highest BCUT2D eigenvalue weighted by Crippen LogP contribution is 2.33. The van der Waals surface area contributed by atoms with E-state index in [1.165, 1.54) is 36.5 Å². The number of anilines is 3. The Labute approximate surface area is 193 Å². The van der Waals surface area contributed by atoms with Gasteiger partial charge in [-0.3, -0.25) is 0 Å². The summed E-state index contributed by atoms with van der Waals surface area (Å²) in [5.41, 5.74) is 2.75. The van der Waals surface area contributed by atoms with Crippen LogP contribution in [0.1, 0.15) is 17.2 Å². The van der Waals surface area contributed by atoms with E-state index >= 15 is 0 Å². The second-order valence-electron chi connectivity index (χ2n) is 6.58. The number of aliphatic hydroxyl groups is 1. The summed E-state index contributed by atoms with van der Waals surface area (Å²) < 4.78 is 78.6. The number of aromatic nitrogens is 2. The molecule has 14 heteroatoms. The van der Waals surface area contributed by atoms with Crippen molar-refractivity contribution in [3.63, 3.8) is 0 Å². The van der Waals surface area contributed by atoms with Gasteiger partial charge >= 0.3 is 12.5 Å². The predicted octanol–water partition coefficient (Wildman–Crippen LogP) is 5.81. The van der Waals surface area contributed by atoms with Gasteiger partial charge in [0.25, 0.3) is 0 Å². The maximum atomic E-state index is 12.7. The van der Waals surface area contributed by atoms with Gasteiger partial charge in [0.15, 0.2) is 6.10 Å². The summed E-state index contributed by atoms with van der Waals surface area (Å²) in [6.45, 7) is 0. The highest BCUT2D eigenvalue weighted by atomic mass is 35.5. The number of nitrogens with one attached hydrogen (secondary N) is 2. The molecule has 0 aliphatic heterocycles. The third-order valence-corrected chi connectivity index (χ3v) is 4.17. The summed E-state index contributed by atoms with van der Waals surface area (Å²) in [5.74, 6) is -0.349. The first-order valence-electron chi connectivity index (χ1n) is 9.20. The maximum Gasteiger partial charge on any atom is 0.573 e. The fourth-order valence-corrected chi connectivity index (χ4v) is 2.76. The van der Waals surface area contributed by atoms with Crippen molar-refractivity contribution >= 4 is 35.3 Å². The van der Waals surface area contributed by atoms with E-state index in [1.807, 2.05) is 0 Å². The van der Waals surface area contributed by atoms with Gasteiger partial charge in [0.1, 0.15) is 16.7 Å². The number of benzene rings is 2. The first-order valence-corrected chi connectivity index (χ1v) is 9.58. The van der Waals surface area contributed by atoms with Crippen LogP contribution in [0.25, 0.3) is 0 Å². The molecule has 2 aromatic carbocycles. The Kier molecular flexibility index (Phi) is 7.47. The molecule has 3 N–H and O–H groups in total. The summed E-state index contributed by atoms with van der Waals surface area (Å²) in [6.07, 6.45) is -11.0. The van der Waals surface area contributed by atoms with E-state index in [4.69, 9.17) is 11.6 Å². The van der Waals surface area contributed by atoms with Crippen LogP contribution in [-0.4, -0.2) is 33.8 Å². The average Bonchev–Trinajstić information content (AvgIpc) is 2.72. The Morgan fingerprint density at radius 1 is 1.00 bits per heavy atom. The topological polar surface area (TPSA) is 91.7 Å². The largest absolute Gasteiger partial charge is 0.573 e. The lowest BCUT2D eigenvalue weighted by Gasteiger charge is -2.16. The fourth-order valence-electron chi connectivity index (χ4n) is 2.58. The number of alkyl halides is 6. The predicted molar refractivity (Wildman–Crippen MR) is 112 cm³/mol. The van der Waals surface area contributed by atoms with Crippen molar-refractivity contribution in [1.82, 2.24) is 9.97 Å². The van der Waals surface area contributed by atoms with Crippen LogP contribution in [0.15, 0.2) is 59.7 Å². The monoisotopic (exact) mass is 505 g/mol. The first kappa shape index (κ1) is 25.1. The first-order chi connectivity index (χ1) is 15.9. The lowest BCUT2D eigenvalue weighted by molar-refractivity contribution is -0.274. The molecule has 0 radical (unpaired) electrons. The summed E-state index contributed by atoms with van der Waals surface area (Å²) in [6, 6.07) is 11.2. The van der Waals surface area contributed by atoms with Crippen LogP contribution >= 0.6 is 11.6 Å². The normalized spacial score (nSPS) is 13.1. The number of rotatable bonds is 7. The molecule has 0 aliphatic carbocycles. The number of nitrogens with zero attached hydrogens (tertiary/aromatic N) is 3. The van der Waals surface area contributed by atoms with Gasteiger partial charge in [0.2, 0.25) is 5.95 Å². The molecule has 3 aromatic rings. The van der Waals surface area contributed by atoms with E-state index in [2.05, 4.69) is 30.5 Å². The molecule has 1 atom stereocenters. The minimum atomic E-state index is -4.82. The minimum Gasteiger partial charge on any atom is -0.406 e. The van der Waals surface area contributed by atoms with Crippen molar-refractivity contribution in [2.24, 2.45) is 5.10 Å². The molecule has 3 rings (SSSR count). The molecule has 0 amide bonds. The molecule has 0 aliphatic rings. The van der Waals surface area contributed by atoms with Gasteiger partial charge in [-0.05, 0) is 47.5 Å². The van der Waals surface area contributed by atoms with Crippen LogP contribution in [0.2, 0.25) is 5.15 Å². The fraction of sp³-hybridized carbons (Fsp3) is 0.150. The Bertz CT molecular complexity index is 1160. The van der Waals surface area contributed by atoms with Crippen LogP contribution in [0.5, 0.6) is 5.75 Å². The molecular weight excluding hydrogens is 492 g/mol. The highest BCUT2D eigenvalue weighted by Gasteiger charge is 2.39. The van der Waals surface area contributed by atoms with Crippen molar-refractivity contribution in [1.29, 1.82) is 0 Å². The van der Waals surface area contributed by atoms with Gasteiger partial charge in [-0.25, -0.2) is 5.43 Å². The molecule has 180 valence electrons. The van der Waals surface area contributed by atoms with Crippen LogP contribution in [0, 0.1) is 0 Å². The lowest BCUT2D eigenvalue weighted by atomic mass is 10.1. The molecule has 1 aromatic heterocycles. The maximum absolute atomic E-state index is 12.7. The van der Waals surface area contributed by atoms with Crippen LogP contribution < -0.4 is 15.5 Å². The van der Waals surface area contributed by atoms with Gasteiger partial charge in [-0.2, -0.15) is 28.2 Å². The van der Waals surface area contributed by atoms with Gasteiger partial charge in [-0.15, -0.1) is 13.2 Å². The Balaban J connectivity index is 1.68. The molecule has 0 saturated heterocycles. The third-order valence-electron chi connectivity index (χ3n) is 3.97. The second-order valence-corrected chi connectivity index (χ2v) is 6.97. The van der Waals surface area contributed by atoms with Gasteiger partial charge < -0.3 is 15.2 Å². The van der Waals surface area contributed by atoms with Crippen molar-refractivity contribution < 1.29 is 36.2 Å². The van der Waals surface area contributed by atoms with Gasteiger partial charge in [-0.1, -0.05) is 23.7 Å². The third kappa shape index (κ3) is 7.49. The summed E-state index contributed by atoms with van der Waals surface area (Å²) in [4.78, 5) is 7.97. The highest BCUT2D eigenvalue weighted by molar-refractivity contribution is 6.29. The number of hydrazone groups is 1. The number of hydrogen-bond acceptors (Lipinski definition) is 7. The molecule has 0 fully saturated rings. The number of halogens is 7. The van der Waals surface area contributed by atoms with Crippen molar-refractivity contribution in [2.45, 2.75) is 18.6 Å². The molecule has 7 nitrogen and oxygen atoms in total. The summed E-state index contributed by atoms with van der Waals surface area (Å²) >= 11 is 5.95. The lowest BCUT2D eigenvalue weighted by Crippen LogP contribution is -2.20. The van der Waals surface area contributed by atoms with Crippen molar-refractivity contribution in [3.05, 3.63) is 70.9 Å². The van der Waals surface area contributed by atoms with Crippen molar-refractivity contribution in [2.75, 3.05) is 10.7 Å². The number of ether oxygens (including phenoxy) is 1. The summed E-state index contributed by atoms with van der Waals surface area (Å²) in [5, 5.41) is 16.0. The average molecular weight is 506 g/mol. The Morgan fingerprint density at radius 3 is 2.35 bits per heavy atom. The zero-order chi connectivity index (χ0) is 24.9. The number of aliphatic hydroxyl groups excluding tert-OH is 1. The SMILES string of the molecule is OC(c1cccc(Nc2cc(Cl)nc(N/N=C/c3ccc(OC(F)(F)F)cc3)n2)c1)C(F)(F)F. The van der Waals surface area contributed by atoms with E-state index < -0.39 is 24.4 Å². The van der Waals surface area contributed by atoms with Gasteiger partial charge in [0.05, 0.1) is 6.21 Å². The smallest absolute Gasteiger partial charge is 0.406 e. The van der Waals surface area contributed by atoms with Gasteiger partial charge in [0, 0.05) is 11.8 Å². The molecule has 0 saturated carbocycles. The minimum absolute atomic E-state index is 0.0182.